The fourth-order valence-electron chi connectivity index (χ4n) is 4.21. The highest BCUT2D eigenvalue weighted by Gasteiger charge is 2.31. The van der Waals surface area contributed by atoms with E-state index in [1.807, 2.05) is 18.2 Å². The van der Waals surface area contributed by atoms with Crippen molar-refractivity contribution < 1.29 is 23.9 Å². The average Bonchev–Trinajstić information content (AvgIpc) is 3.23. The predicted molar refractivity (Wildman–Crippen MR) is 115 cm³/mol. The van der Waals surface area contributed by atoms with Crippen molar-refractivity contribution >= 4 is 23.4 Å². The summed E-state index contributed by atoms with van der Waals surface area (Å²) in [6.07, 6.45) is -0.0618. The van der Waals surface area contributed by atoms with E-state index in [1.165, 1.54) is 0 Å². The van der Waals surface area contributed by atoms with Crippen LogP contribution in [-0.2, 0) is 16.1 Å². The molecule has 9 nitrogen and oxygen atoms in total. The van der Waals surface area contributed by atoms with Gasteiger partial charge in [-0.25, -0.2) is 0 Å². The molecule has 1 atom stereocenters. The van der Waals surface area contributed by atoms with Gasteiger partial charge < -0.3 is 25.0 Å². The van der Waals surface area contributed by atoms with E-state index in [-0.39, 0.29) is 30.9 Å². The Hall–Kier alpha value is -3.59. The van der Waals surface area contributed by atoms with Crippen LogP contribution in [-0.4, -0.2) is 66.5 Å². The molecule has 166 valence electrons. The largest absolute Gasteiger partial charge is 0.454 e. The number of nitrogens with zero attached hydrogens (tertiary/aromatic N) is 2. The third-order valence-electron chi connectivity index (χ3n) is 6.00. The number of amides is 3. The number of para-hydroxylation sites is 1. The first kappa shape index (κ1) is 20.3. The number of nitrogens with one attached hydrogen (secondary N) is 2. The second-order valence-corrected chi connectivity index (χ2v) is 8.11. The summed E-state index contributed by atoms with van der Waals surface area (Å²) in [6, 6.07) is 11.9. The molecule has 3 amide bonds. The number of hydrogen-bond donors (Lipinski definition) is 2. The lowest BCUT2D eigenvalue weighted by molar-refractivity contribution is -0.135. The number of rotatable bonds is 4. The third-order valence-corrected chi connectivity index (χ3v) is 6.00. The Bertz CT molecular complexity index is 1060. The molecule has 2 aromatic carbocycles. The molecular formula is C23H24N4O5. The van der Waals surface area contributed by atoms with Crippen LogP contribution in [0.5, 0.6) is 11.5 Å². The summed E-state index contributed by atoms with van der Waals surface area (Å²) in [5.74, 6) is 0.659. The average molecular weight is 436 g/mol. The minimum Gasteiger partial charge on any atom is -0.454 e. The van der Waals surface area contributed by atoms with Crippen molar-refractivity contribution in [3.63, 3.8) is 0 Å². The zero-order valence-corrected chi connectivity index (χ0v) is 17.5. The smallest absolute Gasteiger partial charge is 0.254 e. The molecule has 2 aromatic rings. The topological polar surface area (TPSA) is 100 Å². The van der Waals surface area contributed by atoms with E-state index in [1.54, 1.807) is 29.2 Å². The molecule has 0 bridgehead atoms. The van der Waals surface area contributed by atoms with Gasteiger partial charge in [0.1, 0.15) is 6.04 Å². The molecular weight excluding hydrogens is 412 g/mol. The van der Waals surface area contributed by atoms with E-state index in [4.69, 9.17) is 9.47 Å². The van der Waals surface area contributed by atoms with Crippen LogP contribution < -0.4 is 20.1 Å². The van der Waals surface area contributed by atoms with Gasteiger partial charge in [0.2, 0.25) is 18.6 Å². The van der Waals surface area contributed by atoms with Crippen LogP contribution in [0.4, 0.5) is 5.69 Å². The zero-order valence-electron chi connectivity index (χ0n) is 17.5. The number of fused-ring (bicyclic) bond motifs is 2. The molecule has 3 heterocycles. The molecule has 1 fully saturated rings. The predicted octanol–water partition coefficient (Wildman–Crippen LogP) is 1.20. The van der Waals surface area contributed by atoms with E-state index < -0.39 is 6.04 Å². The van der Waals surface area contributed by atoms with Crippen molar-refractivity contribution in [3.8, 4) is 11.5 Å². The standard InChI is InChI=1S/C23H24N4O5/c28-21(12-18-23(30)24-17-4-2-1-3-16(17)22(29)25-18)27-9-7-26(8-10-27)13-15-5-6-19-20(11-15)32-14-31-19/h1-6,11,18H,7-10,12-14H2,(H,24,30)(H,25,29). The highest BCUT2D eigenvalue weighted by atomic mass is 16.7. The van der Waals surface area contributed by atoms with Crippen molar-refractivity contribution in [2.75, 3.05) is 38.3 Å². The van der Waals surface area contributed by atoms with Crippen LogP contribution in [0.15, 0.2) is 42.5 Å². The molecule has 2 N–H and O–H groups in total. The van der Waals surface area contributed by atoms with Crippen molar-refractivity contribution in [2.45, 2.75) is 19.0 Å². The summed E-state index contributed by atoms with van der Waals surface area (Å²) < 4.78 is 10.8. The van der Waals surface area contributed by atoms with Gasteiger partial charge >= 0.3 is 0 Å². The monoisotopic (exact) mass is 436 g/mol. The first-order chi connectivity index (χ1) is 15.6. The van der Waals surface area contributed by atoms with Gasteiger partial charge in [-0.3, -0.25) is 19.3 Å². The van der Waals surface area contributed by atoms with Gasteiger partial charge in [-0.05, 0) is 29.8 Å². The lowest BCUT2D eigenvalue weighted by atomic mass is 10.1. The van der Waals surface area contributed by atoms with E-state index in [2.05, 4.69) is 15.5 Å². The van der Waals surface area contributed by atoms with E-state index in [9.17, 15) is 14.4 Å². The summed E-state index contributed by atoms with van der Waals surface area (Å²) >= 11 is 0. The van der Waals surface area contributed by atoms with Crippen molar-refractivity contribution in [2.24, 2.45) is 0 Å². The van der Waals surface area contributed by atoms with Gasteiger partial charge in [0, 0.05) is 32.7 Å². The van der Waals surface area contributed by atoms with Gasteiger partial charge in [-0.1, -0.05) is 18.2 Å². The minimum absolute atomic E-state index is 0.0618. The molecule has 3 aliphatic rings. The normalized spacial score (nSPS) is 20.2. The fourth-order valence-corrected chi connectivity index (χ4v) is 4.21. The zero-order chi connectivity index (χ0) is 22.1. The van der Waals surface area contributed by atoms with Gasteiger partial charge in [-0.15, -0.1) is 0 Å². The molecule has 0 radical (unpaired) electrons. The first-order valence-corrected chi connectivity index (χ1v) is 10.7. The van der Waals surface area contributed by atoms with Gasteiger partial charge in [0.05, 0.1) is 17.7 Å². The number of carbonyl (C=O) groups is 3. The molecule has 5 rings (SSSR count). The summed E-state index contributed by atoms with van der Waals surface area (Å²) in [5, 5.41) is 5.43. The molecule has 0 spiro atoms. The summed E-state index contributed by atoms with van der Waals surface area (Å²) in [5.41, 5.74) is 1.99. The van der Waals surface area contributed by atoms with Crippen molar-refractivity contribution in [3.05, 3.63) is 53.6 Å². The molecule has 1 unspecified atom stereocenters. The highest BCUT2D eigenvalue weighted by molar-refractivity contribution is 6.10. The van der Waals surface area contributed by atoms with Crippen LogP contribution >= 0.6 is 0 Å². The molecule has 0 saturated carbocycles. The Labute approximate surface area is 185 Å². The van der Waals surface area contributed by atoms with E-state index in [0.29, 0.717) is 24.3 Å². The number of piperazine rings is 1. The Morgan fingerprint density at radius 2 is 1.78 bits per heavy atom. The number of hydrogen-bond acceptors (Lipinski definition) is 6. The van der Waals surface area contributed by atoms with Gasteiger partial charge in [-0.2, -0.15) is 0 Å². The Morgan fingerprint density at radius 3 is 2.62 bits per heavy atom. The van der Waals surface area contributed by atoms with E-state index in [0.717, 1.165) is 36.7 Å². The highest BCUT2D eigenvalue weighted by Crippen LogP contribution is 2.32. The lowest BCUT2D eigenvalue weighted by Gasteiger charge is -2.35. The van der Waals surface area contributed by atoms with Crippen LogP contribution in [0.3, 0.4) is 0 Å². The number of carbonyl (C=O) groups excluding carboxylic acids is 3. The maximum Gasteiger partial charge on any atom is 0.254 e. The minimum atomic E-state index is -0.894. The summed E-state index contributed by atoms with van der Waals surface area (Å²) in [7, 11) is 0. The van der Waals surface area contributed by atoms with E-state index >= 15 is 0 Å². The first-order valence-electron chi connectivity index (χ1n) is 10.7. The van der Waals surface area contributed by atoms with Crippen LogP contribution in [0.1, 0.15) is 22.3 Å². The molecule has 9 heteroatoms. The number of benzene rings is 2. The Kier molecular flexibility index (Phi) is 5.40. The van der Waals surface area contributed by atoms with Crippen molar-refractivity contribution in [1.82, 2.24) is 15.1 Å². The molecule has 1 saturated heterocycles. The SMILES string of the molecule is O=C1NC(CC(=O)N2CCN(Cc3ccc4c(c3)OCO4)CC2)C(=O)Nc2ccccc21. The van der Waals surface area contributed by atoms with Gasteiger partial charge in [0.15, 0.2) is 11.5 Å². The van der Waals surface area contributed by atoms with Crippen molar-refractivity contribution in [1.29, 1.82) is 0 Å². The molecule has 0 aromatic heterocycles. The van der Waals surface area contributed by atoms with Crippen LogP contribution in [0.25, 0.3) is 0 Å². The maximum atomic E-state index is 12.8. The Morgan fingerprint density at radius 1 is 1.00 bits per heavy atom. The quantitative estimate of drug-likeness (QED) is 0.747. The lowest BCUT2D eigenvalue weighted by Crippen LogP contribution is -2.51. The molecule has 32 heavy (non-hydrogen) atoms. The number of anilines is 1. The maximum absolute atomic E-state index is 12.8. The second kappa shape index (κ2) is 8.51. The van der Waals surface area contributed by atoms with Crippen LogP contribution in [0, 0.1) is 0 Å². The van der Waals surface area contributed by atoms with Gasteiger partial charge in [0.25, 0.3) is 5.91 Å². The molecule has 3 aliphatic heterocycles. The molecule has 0 aliphatic carbocycles. The Balaban J connectivity index is 1.15. The number of ether oxygens (including phenoxy) is 2. The fraction of sp³-hybridized carbons (Fsp3) is 0.348. The second-order valence-electron chi connectivity index (χ2n) is 8.11. The third kappa shape index (κ3) is 4.11. The summed E-state index contributed by atoms with van der Waals surface area (Å²) in [4.78, 5) is 41.9. The van der Waals surface area contributed by atoms with Crippen LogP contribution in [0.2, 0.25) is 0 Å². The summed E-state index contributed by atoms with van der Waals surface area (Å²) in [6.45, 7) is 3.63.